The number of hydrogen-bond acceptors (Lipinski definition) is 7. The van der Waals surface area contributed by atoms with Gasteiger partial charge in [-0.15, -0.1) is 18.3 Å². The predicted octanol–water partition coefficient (Wildman–Crippen LogP) is 5.37. The Morgan fingerprint density at radius 1 is 1.09 bits per heavy atom. The van der Waals surface area contributed by atoms with E-state index in [1.165, 1.54) is 24.3 Å². The highest BCUT2D eigenvalue weighted by Gasteiger charge is 2.31. The van der Waals surface area contributed by atoms with Crippen LogP contribution in [-0.4, -0.2) is 34.2 Å². The van der Waals surface area contributed by atoms with Gasteiger partial charge < -0.3 is 24.9 Å². The van der Waals surface area contributed by atoms with E-state index in [1.807, 2.05) is 0 Å². The van der Waals surface area contributed by atoms with E-state index >= 15 is 0 Å². The third-order valence-electron chi connectivity index (χ3n) is 5.78. The van der Waals surface area contributed by atoms with Crippen LogP contribution >= 0.6 is 0 Å². The molecule has 0 radical (unpaired) electrons. The van der Waals surface area contributed by atoms with Crippen molar-refractivity contribution in [1.82, 2.24) is 10.2 Å². The van der Waals surface area contributed by atoms with Crippen molar-refractivity contribution in [3.63, 3.8) is 0 Å². The van der Waals surface area contributed by atoms with E-state index in [-0.39, 0.29) is 24.2 Å². The van der Waals surface area contributed by atoms with Gasteiger partial charge in [0.05, 0.1) is 5.69 Å². The maximum atomic E-state index is 14.6. The van der Waals surface area contributed by atoms with Gasteiger partial charge in [-0.1, -0.05) is 11.2 Å². The number of rotatable bonds is 7. The van der Waals surface area contributed by atoms with Crippen LogP contribution in [0.3, 0.4) is 0 Å². The number of aliphatic hydroxyl groups is 1. The average Bonchev–Trinajstić information content (AvgIpc) is 3.29. The second-order valence-corrected chi connectivity index (χ2v) is 8.20. The van der Waals surface area contributed by atoms with Gasteiger partial charge in [0.25, 0.3) is 0 Å². The zero-order chi connectivity index (χ0) is 25.0. The number of anilines is 3. The predicted molar refractivity (Wildman–Crippen MR) is 117 cm³/mol. The quantitative estimate of drug-likeness (QED) is 0.379. The van der Waals surface area contributed by atoms with Crippen molar-refractivity contribution in [3.05, 3.63) is 59.7 Å². The third kappa shape index (κ3) is 6.47. The Morgan fingerprint density at radius 3 is 2.43 bits per heavy atom. The molecule has 0 unspecified atom stereocenters. The Labute approximate surface area is 197 Å². The van der Waals surface area contributed by atoms with E-state index in [4.69, 9.17) is 4.42 Å². The smallest absolute Gasteiger partial charge is 0.406 e. The van der Waals surface area contributed by atoms with Crippen molar-refractivity contribution in [2.45, 2.75) is 38.0 Å². The van der Waals surface area contributed by atoms with Gasteiger partial charge >= 0.3 is 24.2 Å². The van der Waals surface area contributed by atoms with Crippen molar-refractivity contribution in [1.29, 1.82) is 0 Å². The summed E-state index contributed by atoms with van der Waals surface area (Å²) in [6.07, 6.45) is -1.29. The molecule has 1 saturated carbocycles. The fourth-order valence-electron chi connectivity index (χ4n) is 3.97. The molecule has 0 bridgehead atoms. The van der Waals surface area contributed by atoms with Gasteiger partial charge in [0.2, 0.25) is 0 Å². The first-order valence-electron chi connectivity index (χ1n) is 10.9. The summed E-state index contributed by atoms with van der Waals surface area (Å²) >= 11 is 0. The summed E-state index contributed by atoms with van der Waals surface area (Å²) in [6.45, 7) is 0.169. The first kappa shape index (κ1) is 24.5. The largest absolute Gasteiger partial charge is 0.573 e. The molecule has 12 heteroatoms. The highest BCUT2D eigenvalue weighted by Crippen LogP contribution is 2.36. The van der Waals surface area contributed by atoms with Crippen LogP contribution in [0.25, 0.3) is 0 Å². The van der Waals surface area contributed by atoms with Crippen LogP contribution in [0.4, 0.5) is 35.0 Å². The Kier molecular flexibility index (Phi) is 7.20. The van der Waals surface area contributed by atoms with Crippen molar-refractivity contribution in [2.75, 3.05) is 17.2 Å². The number of amides is 1. The summed E-state index contributed by atoms with van der Waals surface area (Å²) in [4.78, 5) is 12.4. The lowest BCUT2D eigenvalue weighted by atomic mass is 9.79. The molecule has 0 aliphatic heterocycles. The molecule has 1 fully saturated rings. The lowest BCUT2D eigenvalue weighted by molar-refractivity contribution is -0.274. The summed E-state index contributed by atoms with van der Waals surface area (Å²) in [5, 5.41) is 21.6. The Hall–Kier alpha value is -3.67. The molecule has 1 amide bonds. The molecule has 1 aliphatic rings. The summed E-state index contributed by atoms with van der Waals surface area (Å²) in [7, 11) is 0. The second kappa shape index (κ2) is 10.3. The molecule has 1 aromatic heterocycles. The highest BCUT2D eigenvalue weighted by molar-refractivity contribution is 6.01. The van der Waals surface area contributed by atoms with Gasteiger partial charge in [-0.3, -0.25) is 4.79 Å². The summed E-state index contributed by atoms with van der Waals surface area (Å²) < 4.78 is 60.4. The Morgan fingerprint density at radius 2 is 1.80 bits per heavy atom. The summed E-state index contributed by atoms with van der Waals surface area (Å²) in [6, 6.07) is 9.20. The van der Waals surface area contributed by atoms with E-state index in [9.17, 15) is 27.5 Å². The minimum atomic E-state index is -4.80. The second-order valence-electron chi connectivity index (χ2n) is 8.20. The molecular weight excluding hydrogens is 472 g/mol. The molecule has 8 nitrogen and oxygen atoms in total. The maximum Gasteiger partial charge on any atom is 0.573 e. The van der Waals surface area contributed by atoms with Crippen LogP contribution in [0.15, 0.2) is 46.9 Å². The minimum Gasteiger partial charge on any atom is -0.406 e. The van der Waals surface area contributed by atoms with Gasteiger partial charge in [0.15, 0.2) is 0 Å². The molecule has 35 heavy (non-hydrogen) atoms. The highest BCUT2D eigenvalue weighted by atomic mass is 19.4. The van der Waals surface area contributed by atoms with E-state index < -0.39 is 29.7 Å². The minimum absolute atomic E-state index is 0.0456. The third-order valence-corrected chi connectivity index (χ3v) is 5.78. The number of carbonyl (C=O) groups excluding carboxylic acids is 1. The van der Waals surface area contributed by atoms with Crippen LogP contribution in [0.5, 0.6) is 5.75 Å². The van der Waals surface area contributed by atoms with E-state index in [0.29, 0.717) is 11.6 Å². The fourth-order valence-corrected chi connectivity index (χ4v) is 3.97. The number of nitrogens with one attached hydrogen (secondary N) is 2. The molecule has 3 aromatic rings. The van der Waals surface area contributed by atoms with Gasteiger partial charge in [-0.25, -0.2) is 4.39 Å². The van der Waals surface area contributed by atoms with Crippen LogP contribution in [-0.2, 0) is 0 Å². The van der Waals surface area contributed by atoms with Crippen LogP contribution < -0.4 is 15.4 Å². The average molecular weight is 494 g/mol. The SMILES string of the molecule is O=C(Nc1ccc(C2CCC(CO)CC2)cc1F)c1nnc(Nc2ccc(OC(F)(F)F)cc2)o1. The summed E-state index contributed by atoms with van der Waals surface area (Å²) in [5.41, 5.74) is 1.10. The number of alkyl halides is 3. The van der Waals surface area contributed by atoms with Crippen molar-refractivity contribution >= 4 is 23.3 Å². The Bertz CT molecular complexity index is 1160. The van der Waals surface area contributed by atoms with E-state index in [0.717, 1.165) is 43.4 Å². The molecular formula is C23H22F4N4O4. The standard InChI is InChI=1S/C23H22F4N4O4/c24-18-11-15(14-3-1-13(12-32)2-4-14)5-10-19(18)29-20(33)21-30-31-22(34-21)28-16-6-8-17(9-7-16)35-23(25,26)27/h5-11,13-14,32H,1-4,12H2,(H,28,31)(H,29,33). The fraction of sp³-hybridized carbons (Fsp3) is 0.348. The van der Waals surface area contributed by atoms with Crippen molar-refractivity contribution in [3.8, 4) is 5.75 Å². The molecule has 0 spiro atoms. The van der Waals surface area contributed by atoms with Crippen molar-refractivity contribution < 1.29 is 36.6 Å². The molecule has 186 valence electrons. The van der Waals surface area contributed by atoms with E-state index in [1.54, 1.807) is 6.07 Å². The number of carbonyl (C=O) groups is 1. The number of hydrogen-bond donors (Lipinski definition) is 3. The summed E-state index contributed by atoms with van der Waals surface area (Å²) in [5.74, 6) is -1.76. The Balaban J connectivity index is 1.35. The molecule has 0 saturated heterocycles. The maximum absolute atomic E-state index is 14.6. The van der Waals surface area contributed by atoms with Gasteiger partial charge in [0.1, 0.15) is 11.6 Å². The normalized spacial score (nSPS) is 18.2. The zero-order valence-electron chi connectivity index (χ0n) is 18.3. The molecule has 1 aliphatic carbocycles. The molecule has 1 heterocycles. The van der Waals surface area contributed by atoms with Gasteiger partial charge in [-0.05, 0) is 79.5 Å². The van der Waals surface area contributed by atoms with Gasteiger partial charge in [-0.2, -0.15) is 0 Å². The van der Waals surface area contributed by atoms with Crippen LogP contribution in [0.1, 0.15) is 47.8 Å². The number of nitrogens with zero attached hydrogens (tertiary/aromatic N) is 2. The number of aliphatic hydroxyl groups excluding tert-OH is 1. The number of aromatic nitrogens is 2. The molecule has 0 atom stereocenters. The number of ether oxygens (including phenoxy) is 1. The van der Waals surface area contributed by atoms with Crippen LogP contribution in [0.2, 0.25) is 0 Å². The van der Waals surface area contributed by atoms with Crippen LogP contribution in [0, 0.1) is 11.7 Å². The molecule has 3 N–H and O–H groups in total. The molecule has 4 rings (SSSR count). The molecule has 2 aromatic carbocycles. The zero-order valence-corrected chi connectivity index (χ0v) is 18.3. The lowest BCUT2D eigenvalue weighted by Crippen LogP contribution is -2.17. The number of halogens is 4. The van der Waals surface area contributed by atoms with Crippen molar-refractivity contribution in [2.24, 2.45) is 5.92 Å². The first-order chi connectivity index (χ1) is 16.7. The monoisotopic (exact) mass is 494 g/mol. The lowest BCUT2D eigenvalue weighted by Gasteiger charge is -2.27. The first-order valence-corrected chi connectivity index (χ1v) is 10.9. The van der Waals surface area contributed by atoms with E-state index in [2.05, 4.69) is 25.6 Å². The number of benzene rings is 2. The topological polar surface area (TPSA) is 110 Å². The van der Waals surface area contributed by atoms with Gasteiger partial charge in [0, 0.05) is 12.3 Å².